The molecule has 0 aromatic carbocycles. The SMILES string of the molecule is [Ti][c]1c[nH]nn1. The molecule has 0 saturated carbocycles. The molecule has 0 aliphatic heterocycles. The van der Waals surface area contributed by atoms with Gasteiger partial charge in [0.05, 0.1) is 0 Å². The maximum absolute atomic E-state index is 3.61. The number of aromatic nitrogens is 3. The van der Waals surface area contributed by atoms with Gasteiger partial charge in [0.25, 0.3) is 0 Å². The summed E-state index contributed by atoms with van der Waals surface area (Å²) in [5.41, 5.74) is 0. The van der Waals surface area contributed by atoms with Crippen molar-refractivity contribution in [1.82, 2.24) is 15.4 Å². The van der Waals surface area contributed by atoms with Crippen molar-refractivity contribution in [1.29, 1.82) is 0 Å². The predicted molar refractivity (Wildman–Crippen MR) is 16.0 cm³/mol. The van der Waals surface area contributed by atoms with Crippen LogP contribution < -0.4 is 4.00 Å². The first-order valence-electron chi connectivity index (χ1n) is 1.47. The van der Waals surface area contributed by atoms with Gasteiger partial charge in [-0.25, -0.2) is 0 Å². The summed E-state index contributed by atoms with van der Waals surface area (Å²) >= 11 is 1.88. The number of aromatic amines is 1. The molecule has 0 radical (unpaired) electrons. The molecule has 1 N–H and O–H groups in total. The summed E-state index contributed by atoms with van der Waals surface area (Å²) < 4.78 is 0.926. The summed E-state index contributed by atoms with van der Waals surface area (Å²) in [5.74, 6) is 0. The number of nitrogens with zero attached hydrogens (tertiary/aromatic N) is 2. The Labute approximate surface area is 46.5 Å². The molecule has 4 heteroatoms. The zero-order valence-corrected chi connectivity index (χ0v) is 4.53. The van der Waals surface area contributed by atoms with Gasteiger partial charge in [0.2, 0.25) is 0 Å². The molecule has 1 aromatic heterocycles. The summed E-state index contributed by atoms with van der Waals surface area (Å²) in [6, 6.07) is 0. The van der Waals surface area contributed by atoms with Gasteiger partial charge in [0, 0.05) is 0 Å². The molecule has 1 heterocycles. The van der Waals surface area contributed by atoms with Gasteiger partial charge < -0.3 is 0 Å². The Morgan fingerprint density at radius 3 is 2.83 bits per heavy atom. The normalized spacial score (nSPS) is 8.50. The topological polar surface area (TPSA) is 41.6 Å². The predicted octanol–water partition coefficient (Wildman–Crippen LogP) is -1.02. The molecule has 3 nitrogen and oxygen atoms in total. The van der Waals surface area contributed by atoms with Gasteiger partial charge in [-0.15, -0.1) is 0 Å². The Balaban J connectivity index is 3.05. The van der Waals surface area contributed by atoms with Crippen LogP contribution in [-0.4, -0.2) is 15.4 Å². The third-order valence-corrected chi connectivity index (χ3v) is 0.798. The van der Waals surface area contributed by atoms with E-state index in [1.165, 1.54) is 0 Å². The van der Waals surface area contributed by atoms with E-state index < -0.39 is 0 Å². The van der Waals surface area contributed by atoms with E-state index in [2.05, 4.69) is 15.4 Å². The molecule has 0 fully saturated rings. The first kappa shape index (κ1) is 4.03. The van der Waals surface area contributed by atoms with Gasteiger partial charge in [-0.2, -0.15) is 0 Å². The fourth-order valence-electron chi connectivity index (χ4n) is 0.202. The minimum atomic E-state index is 0.926. The molecule has 29 valence electrons. The van der Waals surface area contributed by atoms with Crippen molar-refractivity contribution >= 4 is 4.00 Å². The molecule has 1 aromatic rings. The molecule has 0 spiro atoms. The van der Waals surface area contributed by atoms with Gasteiger partial charge in [0.15, 0.2) is 0 Å². The van der Waals surface area contributed by atoms with Crippen molar-refractivity contribution < 1.29 is 20.4 Å². The fourth-order valence-corrected chi connectivity index (χ4v) is 0.380. The standard InChI is InChI=1S/C2H2N3.Ti/c1-2-4-5-3-1;/h1H,(H,3,4,5);. The van der Waals surface area contributed by atoms with Crippen molar-refractivity contribution in [2.24, 2.45) is 0 Å². The molecule has 0 bridgehead atoms. The van der Waals surface area contributed by atoms with Crippen molar-refractivity contribution in [3.05, 3.63) is 6.20 Å². The number of hydrogen-bond donors (Lipinski definition) is 1. The zero-order valence-electron chi connectivity index (χ0n) is 2.97. The number of rotatable bonds is 0. The number of nitrogens with one attached hydrogen (secondary N) is 1. The van der Waals surface area contributed by atoms with Crippen LogP contribution >= 0.6 is 0 Å². The zero-order chi connectivity index (χ0) is 4.41. The van der Waals surface area contributed by atoms with Crippen molar-refractivity contribution in [2.45, 2.75) is 0 Å². The van der Waals surface area contributed by atoms with E-state index in [1.54, 1.807) is 6.20 Å². The van der Waals surface area contributed by atoms with E-state index in [-0.39, 0.29) is 0 Å². The van der Waals surface area contributed by atoms with Gasteiger partial charge >= 0.3 is 46.0 Å². The third kappa shape index (κ3) is 0.668. The van der Waals surface area contributed by atoms with Crippen LogP contribution in [0.2, 0.25) is 0 Å². The molecular weight excluding hydrogens is 114 g/mol. The second kappa shape index (κ2) is 1.53. The molecule has 0 aliphatic carbocycles. The Morgan fingerprint density at radius 1 is 1.83 bits per heavy atom. The van der Waals surface area contributed by atoms with Gasteiger partial charge in [-0.05, 0) is 0 Å². The summed E-state index contributed by atoms with van der Waals surface area (Å²) in [5, 5.41) is 9.63. The average molecular weight is 116 g/mol. The Morgan fingerprint density at radius 2 is 2.67 bits per heavy atom. The first-order valence-corrected chi connectivity index (χ1v) is 2.26. The van der Waals surface area contributed by atoms with E-state index >= 15 is 0 Å². The molecule has 6 heavy (non-hydrogen) atoms. The first-order chi connectivity index (χ1) is 2.89. The molecule has 0 atom stereocenters. The molecule has 0 amide bonds. The molecule has 0 saturated heterocycles. The second-order valence-corrected chi connectivity index (χ2v) is 1.66. The quantitative estimate of drug-likeness (QED) is 0.440. The van der Waals surface area contributed by atoms with E-state index in [9.17, 15) is 0 Å². The van der Waals surface area contributed by atoms with Crippen LogP contribution in [0.25, 0.3) is 0 Å². The third-order valence-electron chi connectivity index (χ3n) is 0.417. The maximum atomic E-state index is 3.61. The van der Waals surface area contributed by atoms with E-state index in [1.807, 2.05) is 20.4 Å². The average Bonchev–Trinajstić information content (AvgIpc) is 1.86. The molecule has 0 aliphatic rings. The summed E-state index contributed by atoms with van der Waals surface area (Å²) in [4.78, 5) is 0. The number of hydrogen-bond acceptors (Lipinski definition) is 2. The van der Waals surface area contributed by atoms with E-state index in [0.29, 0.717) is 0 Å². The van der Waals surface area contributed by atoms with Crippen LogP contribution in [0.1, 0.15) is 0 Å². The van der Waals surface area contributed by atoms with Crippen molar-refractivity contribution in [2.75, 3.05) is 0 Å². The summed E-state index contributed by atoms with van der Waals surface area (Å²) in [7, 11) is 0. The van der Waals surface area contributed by atoms with Crippen LogP contribution in [0.3, 0.4) is 0 Å². The van der Waals surface area contributed by atoms with Crippen LogP contribution in [-0.2, 0) is 20.4 Å². The second-order valence-electron chi connectivity index (χ2n) is 0.859. The summed E-state index contributed by atoms with van der Waals surface area (Å²) in [6.07, 6.45) is 1.74. The summed E-state index contributed by atoms with van der Waals surface area (Å²) in [6.45, 7) is 0. The molecule has 0 unspecified atom stereocenters. The number of H-pyrrole nitrogens is 1. The minimum absolute atomic E-state index is 0.926. The molecule has 1 rings (SSSR count). The van der Waals surface area contributed by atoms with Gasteiger partial charge in [-0.3, -0.25) is 0 Å². The fraction of sp³-hybridized carbons (Fsp3) is 0. The molecular formula is C2H2N3Ti. The van der Waals surface area contributed by atoms with Crippen LogP contribution in [0, 0.1) is 0 Å². The Hall–Kier alpha value is -0.146. The Kier molecular flexibility index (Phi) is 1.03. The van der Waals surface area contributed by atoms with Crippen molar-refractivity contribution in [3.63, 3.8) is 0 Å². The monoisotopic (exact) mass is 116 g/mol. The van der Waals surface area contributed by atoms with Crippen LogP contribution in [0.15, 0.2) is 6.20 Å². The van der Waals surface area contributed by atoms with Gasteiger partial charge in [0.1, 0.15) is 0 Å². The van der Waals surface area contributed by atoms with Crippen molar-refractivity contribution in [3.8, 4) is 0 Å². The van der Waals surface area contributed by atoms with Crippen LogP contribution in [0.5, 0.6) is 0 Å². The van der Waals surface area contributed by atoms with Crippen LogP contribution in [0.4, 0.5) is 0 Å². The van der Waals surface area contributed by atoms with Gasteiger partial charge in [-0.1, -0.05) is 0 Å². The Bertz CT molecular complexity index is 112. The van der Waals surface area contributed by atoms with E-state index in [0.717, 1.165) is 4.00 Å². The van der Waals surface area contributed by atoms with E-state index in [4.69, 9.17) is 0 Å².